The molecular weight excluding hydrogens is 206 g/mol. The first-order valence-corrected chi connectivity index (χ1v) is 7.58. The summed E-state index contributed by atoms with van der Waals surface area (Å²) in [6.45, 7) is 13.3. The van der Waals surface area contributed by atoms with Crippen LogP contribution in [0.3, 0.4) is 0 Å². The molecule has 0 aromatic heterocycles. The molecule has 0 heterocycles. The second-order valence-electron chi connectivity index (χ2n) is 5.72. The minimum Gasteiger partial charge on any atom is -0.317 e. The third-order valence-corrected chi connectivity index (χ3v) is 4.53. The van der Waals surface area contributed by atoms with Gasteiger partial charge in [-0.3, -0.25) is 0 Å². The lowest BCUT2D eigenvalue weighted by atomic mass is 9.71. The molecule has 1 saturated carbocycles. The lowest BCUT2D eigenvalue weighted by Gasteiger charge is -2.36. The Labute approximate surface area is 108 Å². The minimum absolute atomic E-state index is 0.889. The van der Waals surface area contributed by atoms with E-state index >= 15 is 0 Å². The summed E-state index contributed by atoms with van der Waals surface area (Å²) in [5, 5.41) is 3.54. The third-order valence-electron chi connectivity index (χ3n) is 4.53. The van der Waals surface area contributed by atoms with Crippen molar-refractivity contribution in [3.63, 3.8) is 0 Å². The standard InChI is InChI=1S/C16H31N/c1-5-13(4)10-16-11-14(6-2)8-9-15(16)12-17-7-3/h14-17H,4-12H2,1-3H3. The van der Waals surface area contributed by atoms with Gasteiger partial charge < -0.3 is 5.32 Å². The lowest BCUT2D eigenvalue weighted by molar-refractivity contribution is 0.171. The van der Waals surface area contributed by atoms with Gasteiger partial charge in [0.15, 0.2) is 0 Å². The highest BCUT2D eigenvalue weighted by atomic mass is 14.8. The maximum absolute atomic E-state index is 4.21. The fraction of sp³-hybridized carbons (Fsp3) is 0.875. The van der Waals surface area contributed by atoms with E-state index in [1.165, 1.54) is 44.2 Å². The summed E-state index contributed by atoms with van der Waals surface area (Å²) >= 11 is 0. The molecular formula is C16H31N. The Morgan fingerprint density at radius 1 is 1.18 bits per heavy atom. The van der Waals surface area contributed by atoms with Gasteiger partial charge in [0.05, 0.1) is 0 Å². The maximum atomic E-state index is 4.21. The molecule has 1 fully saturated rings. The predicted molar refractivity (Wildman–Crippen MR) is 77.2 cm³/mol. The highest BCUT2D eigenvalue weighted by molar-refractivity contribution is 4.97. The van der Waals surface area contributed by atoms with Crippen molar-refractivity contribution in [2.24, 2.45) is 17.8 Å². The van der Waals surface area contributed by atoms with Gasteiger partial charge in [0, 0.05) is 0 Å². The van der Waals surface area contributed by atoms with Crippen LogP contribution < -0.4 is 5.32 Å². The Kier molecular flexibility index (Phi) is 6.87. The molecule has 17 heavy (non-hydrogen) atoms. The zero-order chi connectivity index (χ0) is 12.7. The summed E-state index contributed by atoms with van der Waals surface area (Å²) in [6.07, 6.45) is 8.09. The van der Waals surface area contributed by atoms with Crippen LogP contribution >= 0.6 is 0 Å². The van der Waals surface area contributed by atoms with Crippen molar-refractivity contribution in [1.82, 2.24) is 5.32 Å². The van der Waals surface area contributed by atoms with Crippen molar-refractivity contribution in [2.75, 3.05) is 13.1 Å². The molecule has 1 nitrogen and oxygen atoms in total. The fourth-order valence-corrected chi connectivity index (χ4v) is 3.16. The van der Waals surface area contributed by atoms with E-state index in [1.54, 1.807) is 0 Å². The Morgan fingerprint density at radius 3 is 2.53 bits per heavy atom. The van der Waals surface area contributed by atoms with Gasteiger partial charge in [-0.15, -0.1) is 0 Å². The smallest absolute Gasteiger partial charge is 0.00179 e. The minimum atomic E-state index is 0.889. The van der Waals surface area contributed by atoms with Gasteiger partial charge in [0.25, 0.3) is 0 Å². The van der Waals surface area contributed by atoms with Crippen molar-refractivity contribution >= 4 is 0 Å². The zero-order valence-corrected chi connectivity index (χ0v) is 12.1. The van der Waals surface area contributed by atoms with E-state index in [0.29, 0.717) is 0 Å². The number of hydrogen-bond donors (Lipinski definition) is 1. The van der Waals surface area contributed by atoms with E-state index in [4.69, 9.17) is 0 Å². The first-order valence-electron chi connectivity index (χ1n) is 7.58. The lowest BCUT2D eigenvalue weighted by Crippen LogP contribution is -2.33. The van der Waals surface area contributed by atoms with Crippen LogP contribution in [-0.2, 0) is 0 Å². The van der Waals surface area contributed by atoms with Gasteiger partial charge in [-0.1, -0.05) is 45.8 Å². The monoisotopic (exact) mass is 237 g/mol. The molecule has 0 aliphatic heterocycles. The van der Waals surface area contributed by atoms with Crippen LogP contribution in [0.2, 0.25) is 0 Å². The number of nitrogens with one attached hydrogen (secondary N) is 1. The zero-order valence-electron chi connectivity index (χ0n) is 12.1. The first-order chi connectivity index (χ1) is 8.21. The molecule has 0 aromatic rings. The van der Waals surface area contributed by atoms with E-state index in [9.17, 15) is 0 Å². The predicted octanol–water partition coefficient (Wildman–Crippen LogP) is 4.39. The largest absolute Gasteiger partial charge is 0.317 e. The Balaban J connectivity index is 2.51. The molecule has 3 atom stereocenters. The van der Waals surface area contributed by atoms with Crippen LogP contribution in [-0.4, -0.2) is 13.1 Å². The van der Waals surface area contributed by atoms with Crippen LogP contribution in [0.15, 0.2) is 12.2 Å². The van der Waals surface area contributed by atoms with E-state index in [-0.39, 0.29) is 0 Å². The molecule has 0 saturated heterocycles. The van der Waals surface area contributed by atoms with Crippen molar-refractivity contribution < 1.29 is 0 Å². The van der Waals surface area contributed by atoms with Gasteiger partial charge in [-0.2, -0.15) is 0 Å². The Morgan fingerprint density at radius 2 is 1.94 bits per heavy atom. The Bertz CT molecular complexity index is 222. The molecule has 0 radical (unpaired) electrons. The molecule has 1 heteroatoms. The van der Waals surface area contributed by atoms with Crippen molar-refractivity contribution in [2.45, 2.75) is 59.3 Å². The van der Waals surface area contributed by atoms with E-state index in [0.717, 1.165) is 30.7 Å². The van der Waals surface area contributed by atoms with Gasteiger partial charge >= 0.3 is 0 Å². The second kappa shape index (κ2) is 7.92. The normalized spacial score (nSPS) is 29.2. The van der Waals surface area contributed by atoms with Crippen molar-refractivity contribution in [1.29, 1.82) is 0 Å². The summed E-state index contributed by atoms with van der Waals surface area (Å²) in [4.78, 5) is 0. The van der Waals surface area contributed by atoms with Gasteiger partial charge in [0.2, 0.25) is 0 Å². The van der Waals surface area contributed by atoms with Crippen LogP contribution in [0.5, 0.6) is 0 Å². The van der Waals surface area contributed by atoms with Crippen LogP contribution in [0.1, 0.15) is 59.3 Å². The first kappa shape index (κ1) is 14.8. The van der Waals surface area contributed by atoms with Gasteiger partial charge in [-0.05, 0) is 56.5 Å². The quantitative estimate of drug-likeness (QED) is 0.647. The molecule has 1 aliphatic rings. The van der Waals surface area contributed by atoms with E-state index in [1.807, 2.05) is 0 Å². The molecule has 0 aromatic carbocycles. The fourth-order valence-electron chi connectivity index (χ4n) is 3.16. The maximum Gasteiger partial charge on any atom is -0.00179 e. The van der Waals surface area contributed by atoms with Crippen LogP contribution in [0.4, 0.5) is 0 Å². The second-order valence-corrected chi connectivity index (χ2v) is 5.72. The molecule has 1 rings (SSSR count). The SMILES string of the molecule is C=C(CC)CC1CC(CC)CCC1CNCC. The summed E-state index contributed by atoms with van der Waals surface area (Å²) in [5.41, 5.74) is 1.45. The summed E-state index contributed by atoms with van der Waals surface area (Å²) in [7, 11) is 0. The summed E-state index contributed by atoms with van der Waals surface area (Å²) in [6, 6.07) is 0. The number of rotatable bonds is 7. The summed E-state index contributed by atoms with van der Waals surface area (Å²) < 4.78 is 0. The molecule has 0 amide bonds. The van der Waals surface area contributed by atoms with Crippen LogP contribution in [0.25, 0.3) is 0 Å². The van der Waals surface area contributed by atoms with Crippen LogP contribution in [0, 0.1) is 17.8 Å². The van der Waals surface area contributed by atoms with Crippen molar-refractivity contribution in [3.8, 4) is 0 Å². The Hall–Kier alpha value is -0.300. The molecule has 100 valence electrons. The van der Waals surface area contributed by atoms with Gasteiger partial charge in [0.1, 0.15) is 0 Å². The average Bonchev–Trinajstić information content (AvgIpc) is 2.36. The van der Waals surface area contributed by atoms with Gasteiger partial charge in [-0.25, -0.2) is 0 Å². The number of allylic oxidation sites excluding steroid dienone is 1. The average molecular weight is 237 g/mol. The topological polar surface area (TPSA) is 12.0 Å². The molecule has 1 aliphatic carbocycles. The van der Waals surface area contributed by atoms with Crippen molar-refractivity contribution in [3.05, 3.63) is 12.2 Å². The van der Waals surface area contributed by atoms with E-state index in [2.05, 4.69) is 32.7 Å². The third kappa shape index (κ3) is 4.83. The van der Waals surface area contributed by atoms with E-state index < -0.39 is 0 Å². The highest BCUT2D eigenvalue weighted by Crippen LogP contribution is 2.38. The molecule has 1 N–H and O–H groups in total. The molecule has 0 spiro atoms. The highest BCUT2D eigenvalue weighted by Gasteiger charge is 2.29. The summed E-state index contributed by atoms with van der Waals surface area (Å²) in [5.74, 6) is 2.75. The molecule has 3 unspecified atom stereocenters. The molecule has 0 bridgehead atoms. The number of hydrogen-bond acceptors (Lipinski definition) is 1.